The fourth-order valence-electron chi connectivity index (χ4n) is 0.726. The summed E-state index contributed by atoms with van der Waals surface area (Å²) in [6.45, 7) is 1.81. The van der Waals surface area contributed by atoms with Crippen LogP contribution in [-0.2, 0) is 0 Å². The summed E-state index contributed by atoms with van der Waals surface area (Å²) in [4.78, 5) is 15.6. The second kappa shape index (κ2) is 3.44. The normalized spacial score (nSPS) is 9.55. The van der Waals surface area contributed by atoms with Crippen molar-refractivity contribution in [1.29, 1.82) is 0 Å². The summed E-state index contributed by atoms with van der Waals surface area (Å²) < 4.78 is 0. The first-order chi connectivity index (χ1) is 5.24. The first-order valence-corrected chi connectivity index (χ1v) is 3.81. The number of ketones is 1. The summed E-state index contributed by atoms with van der Waals surface area (Å²) in [5, 5.41) is 0. The van der Waals surface area contributed by atoms with Crippen LogP contribution in [0.2, 0.25) is 0 Å². The first kappa shape index (κ1) is 8.14. The van der Waals surface area contributed by atoms with Gasteiger partial charge < -0.3 is 0 Å². The molecular weight excluding hydrogens is 158 g/mol. The zero-order valence-electron chi connectivity index (χ0n) is 6.20. The molecule has 0 amide bonds. The molecule has 3 heteroatoms. The molecule has 1 heterocycles. The van der Waals surface area contributed by atoms with Gasteiger partial charge in [-0.1, -0.05) is 19.6 Å². The first-order valence-electron chi connectivity index (χ1n) is 3.40. The molecule has 1 aromatic rings. The zero-order valence-corrected chi connectivity index (χ0v) is 7.02. The van der Waals surface area contributed by atoms with Crippen molar-refractivity contribution in [2.75, 3.05) is 0 Å². The Labute approximate surface area is 71.1 Å². The average molecular weight is 166 g/mol. The molecule has 0 aliphatic carbocycles. The smallest absolute Gasteiger partial charge is 0.180 e. The van der Waals surface area contributed by atoms with Crippen molar-refractivity contribution >= 4 is 18.4 Å². The van der Waals surface area contributed by atoms with Crippen molar-refractivity contribution in [2.24, 2.45) is 0 Å². The van der Waals surface area contributed by atoms with E-state index in [0.717, 1.165) is 0 Å². The summed E-state index contributed by atoms with van der Waals surface area (Å²) in [6, 6.07) is 3.37. The van der Waals surface area contributed by atoms with E-state index < -0.39 is 0 Å². The Morgan fingerprint density at radius 3 is 2.82 bits per heavy atom. The summed E-state index contributed by atoms with van der Waals surface area (Å²) in [6.07, 6.45) is 2.02. The lowest BCUT2D eigenvalue weighted by atomic mass is 10.2. The predicted octanol–water partition coefficient (Wildman–Crippen LogP) is 2.23. The van der Waals surface area contributed by atoms with E-state index in [1.54, 1.807) is 12.1 Å². The van der Waals surface area contributed by atoms with Crippen LogP contribution >= 0.6 is 12.6 Å². The molecule has 0 saturated carbocycles. The Kier molecular flexibility index (Phi) is 2.54. The quantitative estimate of drug-likeness (QED) is 0.630. The number of hydrogen-bond donors (Lipinski definition) is 0. The number of Topliss-reactive ketones (excluding diaryl/α,β-unsaturated/α-hetero) is 1. The van der Waals surface area contributed by atoms with Gasteiger partial charge in [0.15, 0.2) is 5.78 Å². The summed E-state index contributed by atoms with van der Waals surface area (Å²) in [5.74, 6) is 0.0556. The van der Waals surface area contributed by atoms with Crippen LogP contribution < -0.4 is 0 Å². The predicted molar refractivity (Wildman–Crippen MR) is 44.7 cm³/mol. The highest BCUT2D eigenvalue weighted by atomic mass is 32.1. The number of nitrogens with zero attached hydrogens (tertiary/aromatic N) is 1. The summed E-state index contributed by atoms with van der Waals surface area (Å²) in [5.41, 5.74) is 0.501. The molecule has 0 saturated heterocycles. The highest BCUT2D eigenvalue weighted by molar-refractivity contribution is 7.80. The molecule has 2 nitrogen and oxygen atoms in total. The molecule has 0 aliphatic rings. The number of carbonyl (C=O) groups excluding carboxylic acids is 1. The third kappa shape index (κ3) is 1.98. The largest absolute Gasteiger partial charge is 0.292 e. The van der Waals surface area contributed by atoms with Gasteiger partial charge in [0.25, 0.3) is 0 Å². The van der Waals surface area contributed by atoms with E-state index in [2.05, 4.69) is 4.98 Å². The lowest BCUT2D eigenvalue weighted by Crippen LogP contribution is -1.98. The van der Waals surface area contributed by atoms with Gasteiger partial charge in [-0.15, -0.1) is 0 Å². The van der Waals surface area contributed by atoms with Gasteiger partial charge in [0.2, 0.25) is 0 Å². The SMILES string of the molecule is CCC(=O)c1ccc([S])cn1. The van der Waals surface area contributed by atoms with Crippen molar-refractivity contribution in [3.05, 3.63) is 24.0 Å². The Morgan fingerprint density at radius 1 is 1.64 bits per heavy atom. The van der Waals surface area contributed by atoms with Gasteiger partial charge in [0.05, 0.1) is 4.90 Å². The third-order valence-electron chi connectivity index (χ3n) is 1.34. The Hall–Kier alpha value is -0.960. The van der Waals surface area contributed by atoms with E-state index in [4.69, 9.17) is 12.6 Å². The number of pyridine rings is 1. The minimum Gasteiger partial charge on any atom is -0.292 e. The van der Waals surface area contributed by atoms with E-state index in [0.29, 0.717) is 17.0 Å². The van der Waals surface area contributed by atoms with Gasteiger partial charge in [-0.25, -0.2) is 0 Å². The molecular formula is C8H8NOS. The third-order valence-corrected chi connectivity index (χ3v) is 1.58. The molecule has 57 valence electrons. The van der Waals surface area contributed by atoms with Crippen molar-refractivity contribution in [3.63, 3.8) is 0 Å². The van der Waals surface area contributed by atoms with Crippen LogP contribution in [0.3, 0.4) is 0 Å². The molecule has 0 N–H and O–H groups in total. The second-order valence-electron chi connectivity index (χ2n) is 2.16. The lowest BCUT2D eigenvalue weighted by Gasteiger charge is -1.94. The molecule has 1 rings (SSSR count). The van der Waals surface area contributed by atoms with Crippen LogP contribution in [0.25, 0.3) is 0 Å². The van der Waals surface area contributed by atoms with Crippen LogP contribution in [-0.4, -0.2) is 10.8 Å². The fraction of sp³-hybridized carbons (Fsp3) is 0.250. The number of rotatable bonds is 2. The maximum atomic E-state index is 11.0. The molecule has 11 heavy (non-hydrogen) atoms. The molecule has 0 aliphatic heterocycles. The summed E-state index contributed by atoms with van der Waals surface area (Å²) >= 11 is 4.82. The lowest BCUT2D eigenvalue weighted by molar-refractivity contribution is 0.0983. The molecule has 1 radical (unpaired) electrons. The molecule has 0 spiro atoms. The van der Waals surface area contributed by atoms with Gasteiger partial charge in [-0.3, -0.25) is 9.78 Å². The molecule has 0 unspecified atom stereocenters. The van der Waals surface area contributed by atoms with Crippen LogP contribution in [0.5, 0.6) is 0 Å². The standard InChI is InChI=1S/C8H8NOS/c1-2-8(10)7-4-3-6(11)5-9-7/h3-5H,2H2,1H3. The van der Waals surface area contributed by atoms with Crippen LogP contribution in [0.4, 0.5) is 0 Å². The van der Waals surface area contributed by atoms with Crippen LogP contribution in [0.15, 0.2) is 23.2 Å². The van der Waals surface area contributed by atoms with E-state index in [1.165, 1.54) is 6.20 Å². The van der Waals surface area contributed by atoms with Gasteiger partial charge in [0.1, 0.15) is 5.69 Å². The highest BCUT2D eigenvalue weighted by Crippen LogP contribution is 2.05. The highest BCUT2D eigenvalue weighted by Gasteiger charge is 2.02. The van der Waals surface area contributed by atoms with E-state index >= 15 is 0 Å². The second-order valence-corrected chi connectivity index (χ2v) is 2.63. The number of hydrogen-bond acceptors (Lipinski definition) is 2. The zero-order chi connectivity index (χ0) is 8.27. The number of aromatic nitrogens is 1. The topological polar surface area (TPSA) is 30.0 Å². The maximum Gasteiger partial charge on any atom is 0.180 e. The van der Waals surface area contributed by atoms with Crippen molar-refractivity contribution in [1.82, 2.24) is 4.98 Å². The van der Waals surface area contributed by atoms with Gasteiger partial charge in [-0.2, -0.15) is 0 Å². The monoisotopic (exact) mass is 166 g/mol. The molecule has 1 aromatic heterocycles. The molecule has 0 atom stereocenters. The minimum atomic E-state index is 0.0556. The Morgan fingerprint density at radius 2 is 2.36 bits per heavy atom. The van der Waals surface area contributed by atoms with E-state index in [1.807, 2.05) is 6.92 Å². The Bertz CT molecular complexity index is 255. The van der Waals surface area contributed by atoms with Gasteiger partial charge >= 0.3 is 0 Å². The van der Waals surface area contributed by atoms with Crippen molar-refractivity contribution in [3.8, 4) is 0 Å². The summed E-state index contributed by atoms with van der Waals surface area (Å²) in [7, 11) is 0. The molecule has 0 bridgehead atoms. The molecule has 0 fully saturated rings. The fourth-order valence-corrected chi connectivity index (χ4v) is 0.847. The maximum absolute atomic E-state index is 11.0. The minimum absolute atomic E-state index is 0.0556. The molecule has 0 aromatic carbocycles. The average Bonchev–Trinajstić information content (AvgIpc) is 2.05. The van der Waals surface area contributed by atoms with E-state index in [9.17, 15) is 4.79 Å². The van der Waals surface area contributed by atoms with Crippen LogP contribution in [0.1, 0.15) is 23.8 Å². The van der Waals surface area contributed by atoms with Crippen molar-refractivity contribution in [2.45, 2.75) is 18.2 Å². The van der Waals surface area contributed by atoms with Crippen LogP contribution in [0, 0.1) is 0 Å². The van der Waals surface area contributed by atoms with E-state index in [-0.39, 0.29) is 5.78 Å². The van der Waals surface area contributed by atoms with Crippen molar-refractivity contribution < 1.29 is 4.79 Å². The van der Waals surface area contributed by atoms with Gasteiger partial charge in [-0.05, 0) is 12.1 Å². The number of carbonyl (C=O) groups is 1. The van der Waals surface area contributed by atoms with Gasteiger partial charge in [0, 0.05) is 12.6 Å². The Balaban J connectivity index is 2.90.